The summed E-state index contributed by atoms with van der Waals surface area (Å²) in [6.45, 7) is 3.52. The highest BCUT2D eigenvalue weighted by atomic mass is 16.4. The number of aliphatic imine (C=N–C) groups is 1. The number of para-hydroxylation sites is 1. The lowest BCUT2D eigenvalue weighted by atomic mass is 10.0. The Kier molecular flexibility index (Phi) is 25.9. The Balaban J connectivity index is 2.03. The van der Waals surface area contributed by atoms with Gasteiger partial charge in [0.15, 0.2) is 5.96 Å². The molecule has 11 amide bonds. The number of nitrogens with zero attached hydrogens (tertiary/aromatic N) is 1. The van der Waals surface area contributed by atoms with Crippen molar-refractivity contribution in [2.24, 2.45) is 45.3 Å². The molecule has 9 atom stereocenters. The van der Waals surface area contributed by atoms with E-state index in [0.717, 1.165) is 0 Å². The summed E-state index contributed by atoms with van der Waals surface area (Å²) < 4.78 is 0. The second-order valence-corrected chi connectivity index (χ2v) is 19.2. The Morgan fingerprint density at radius 1 is 0.556 bits per heavy atom. The van der Waals surface area contributed by atoms with E-state index < -0.39 is 164 Å². The number of carbonyl (C=O) groups excluding carboxylic acids is 11. The number of carbonyl (C=O) groups is 12. The molecule has 3 rings (SSSR count). The van der Waals surface area contributed by atoms with Crippen molar-refractivity contribution in [1.29, 1.82) is 0 Å². The number of H-pyrrole nitrogens is 1. The summed E-state index contributed by atoms with van der Waals surface area (Å²) in [6.07, 6.45) is -2.15. The molecule has 3 aromatic rings. The van der Waals surface area contributed by atoms with Crippen LogP contribution in [0.4, 0.5) is 0 Å². The zero-order chi connectivity index (χ0) is 60.7. The first-order valence-corrected chi connectivity index (χ1v) is 25.4. The number of carboxylic acids is 1. The summed E-state index contributed by atoms with van der Waals surface area (Å²) >= 11 is 0. The molecule has 81 heavy (non-hydrogen) atoms. The zero-order valence-electron chi connectivity index (χ0n) is 44.7. The van der Waals surface area contributed by atoms with Gasteiger partial charge in [-0.05, 0) is 61.4 Å². The maximum absolute atomic E-state index is 14.7. The molecule has 31 nitrogen and oxygen atoms in total. The zero-order valence-corrected chi connectivity index (χ0v) is 44.7. The molecule has 0 radical (unpaired) electrons. The third kappa shape index (κ3) is 22.1. The number of aliphatic hydroxyl groups excluding tert-OH is 1. The van der Waals surface area contributed by atoms with Crippen LogP contribution in [0, 0.1) is 5.92 Å². The van der Waals surface area contributed by atoms with Crippen LogP contribution in [0.3, 0.4) is 0 Å². The predicted molar refractivity (Wildman–Crippen MR) is 288 cm³/mol. The van der Waals surface area contributed by atoms with Crippen LogP contribution in [0.5, 0.6) is 5.75 Å². The van der Waals surface area contributed by atoms with E-state index in [9.17, 15) is 72.9 Å². The molecule has 0 aliphatic rings. The fourth-order valence-corrected chi connectivity index (χ4v) is 7.75. The quantitative estimate of drug-likeness (QED) is 0.0150. The molecule has 0 bridgehead atoms. The highest BCUT2D eigenvalue weighted by Crippen LogP contribution is 2.20. The van der Waals surface area contributed by atoms with Crippen LogP contribution in [0.25, 0.3) is 10.9 Å². The largest absolute Gasteiger partial charge is 0.508 e. The number of hydrogen-bond donors (Lipinski definition) is 18. The fourth-order valence-electron chi connectivity index (χ4n) is 7.75. The van der Waals surface area contributed by atoms with Crippen molar-refractivity contribution in [1.82, 2.24) is 47.5 Å². The molecular formula is C50H72N16O15. The van der Waals surface area contributed by atoms with E-state index >= 15 is 0 Å². The van der Waals surface area contributed by atoms with Gasteiger partial charge in [-0.2, -0.15) is 0 Å². The summed E-state index contributed by atoms with van der Waals surface area (Å²) in [7, 11) is 0. The topological polar surface area (TPSA) is 546 Å². The first-order chi connectivity index (χ1) is 38.1. The minimum Gasteiger partial charge on any atom is -0.508 e. The van der Waals surface area contributed by atoms with Crippen LogP contribution in [0.2, 0.25) is 0 Å². The third-order valence-electron chi connectivity index (χ3n) is 12.3. The lowest BCUT2D eigenvalue weighted by Crippen LogP contribution is -2.61. The molecule has 2 aromatic carbocycles. The van der Waals surface area contributed by atoms with Gasteiger partial charge in [0.05, 0.1) is 25.5 Å². The standard InChI is InChI=1S/C50H72N16O15/c1-23(2)40(54)48(79)59-24(3)41(72)66-36(22-67)47(78)65-35(20-39(53)71)46(77)63-33(18-26-21-58-29-8-5-4-7-28(26)29)44(75)62-32(17-25-10-12-27(68)13-11-25)43(74)64-34(19-38(52)70)45(76)60-30(9-6-16-57-50(55)56)42(73)61-31(49(80)81)14-15-37(51)69/h4-5,7-8,10-13,21,23-24,30-36,40,58,67-68H,6,9,14-20,22,54H2,1-3H3,(H2,51,69)(H2,52,70)(H2,53,71)(H,59,79)(H,60,76)(H,61,73)(H,62,75)(H,63,77)(H,64,74)(H,65,78)(H,66,72)(H,80,81)(H4,55,56,57)/t24-,30-,31-,32-,33-,34-,35-,36-,40-/m0/s1. The molecule has 442 valence electrons. The van der Waals surface area contributed by atoms with Crippen LogP contribution in [0.15, 0.2) is 59.7 Å². The van der Waals surface area contributed by atoms with Crippen LogP contribution in [-0.4, -0.2) is 165 Å². The van der Waals surface area contributed by atoms with Crippen molar-refractivity contribution in [3.05, 3.63) is 65.9 Å². The number of carboxylic acid groups (broad SMARTS) is 1. The van der Waals surface area contributed by atoms with E-state index in [1.165, 1.54) is 37.4 Å². The van der Waals surface area contributed by atoms with E-state index in [-0.39, 0.29) is 43.4 Å². The van der Waals surface area contributed by atoms with Gasteiger partial charge in [-0.3, -0.25) is 57.7 Å². The summed E-state index contributed by atoms with van der Waals surface area (Å²) in [5.74, 6) is -14.0. The number of nitrogens with one attached hydrogen (secondary N) is 9. The minimum absolute atomic E-state index is 0.00647. The molecule has 24 N–H and O–H groups in total. The number of aromatic hydroxyl groups is 1. The van der Waals surface area contributed by atoms with Gasteiger partial charge < -0.3 is 97.2 Å². The second kappa shape index (κ2) is 31.9. The number of amides is 11. The number of fused-ring (bicyclic) bond motifs is 1. The minimum atomic E-state index is -1.90. The van der Waals surface area contributed by atoms with Gasteiger partial charge in [0.25, 0.3) is 0 Å². The number of phenolic OH excluding ortho intramolecular Hbond substituents is 1. The molecule has 0 aliphatic heterocycles. The van der Waals surface area contributed by atoms with Crippen LogP contribution >= 0.6 is 0 Å². The van der Waals surface area contributed by atoms with E-state index in [4.69, 9.17) is 34.4 Å². The molecule has 1 aromatic heterocycles. The number of primary amides is 3. The molecule has 0 saturated heterocycles. The van der Waals surface area contributed by atoms with Gasteiger partial charge in [0.2, 0.25) is 65.0 Å². The molecule has 0 spiro atoms. The second-order valence-electron chi connectivity index (χ2n) is 19.2. The molecule has 0 fully saturated rings. The van der Waals surface area contributed by atoms with Crippen molar-refractivity contribution in [2.75, 3.05) is 13.2 Å². The molecule has 1 heterocycles. The maximum atomic E-state index is 14.7. The van der Waals surface area contributed by atoms with Crippen molar-refractivity contribution in [3.8, 4) is 5.75 Å². The normalized spacial score (nSPS) is 14.3. The van der Waals surface area contributed by atoms with Gasteiger partial charge >= 0.3 is 5.97 Å². The number of aromatic nitrogens is 1. The van der Waals surface area contributed by atoms with Gasteiger partial charge in [0, 0.05) is 42.9 Å². The summed E-state index contributed by atoms with van der Waals surface area (Å²) in [5, 5.41) is 49.3. The SMILES string of the molecule is CC(C)[C@H](N)C(=O)N[C@@H](C)C(=O)N[C@@H](CO)C(=O)N[C@@H](CC(N)=O)C(=O)N[C@@H](Cc1c[nH]c2ccccc12)C(=O)N[C@@H](Cc1ccc(O)cc1)C(=O)N[C@@H](CC(N)=O)C(=O)N[C@@H](CCCN=C(N)N)C(=O)N[C@@H](CCC(N)=O)C(=O)O. The number of guanidine groups is 1. The lowest BCUT2D eigenvalue weighted by Gasteiger charge is -2.27. The Hall–Kier alpha value is -9.39. The van der Waals surface area contributed by atoms with Crippen molar-refractivity contribution >= 4 is 87.8 Å². The molecule has 0 unspecified atom stereocenters. The number of hydrogen-bond acceptors (Lipinski definition) is 16. The number of rotatable bonds is 34. The highest BCUT2D eigenvalue weighted by molar-refractivity contribution is 6.00. The van der Waals surface area contributed by atoms with Crippen LogP contribution in [0.1, 0.15) is 70.4 Å². The number of benzene rings is 2. The van der Waals surface area contributed by atoms with E-state index in [2.05, 4.69) is 52.5 Å². The number of nitrogens with two attached hydrogens (primary N) is 6. The number of aliphatic hydroxyl groups is 1. The molecule has 0 saturated carbocycles. The summed E-state index contributed by atoms with van der Waals surface area (Å²) in [5.41, 5.74) is 34.2. The molecular weight excluding hydrogens is 1060 g/mol. The lowest BCUT2D eigenvalue weighted by molar-refractivity contribution is -0.143. The van der Waals surface area contributed by atoms with E-state index in [0.29, 0.717) is 22.0 Å². The van der Waals surface area contributed by atoms with Gasteiger partial charge in [-0.15, -0.1) is 0 Å². The van der Waals surface area contributed by atoms with Gasteiger partial charge in [-0.1, -0.05) is 44.2 Å². The highest BCUT2D eigenvalue weighted by Gasteiger charge is 2.36. The van der Waals surface area contributed by atoms with Gasteiger partial charge in [-0.25, -0.2) is 4.79 Å². The Bertz CT molecular complexity index is 2780. The van der Waals surface area contributed by atoms with Crippen molar-refractivity contribution < 1.29 is 72.9 Å². The summed E-state index contributed by atoms with van der Waals surface area (Å²) in [6, 6.07) is -2.36. The van der Waals surface area contributed by atoms with Crippen LogP contribution in [-0.2, 0) is 70.4 Å². The monoisotopic (exact) mass is 1140 g/mol. The average Bonchev–Trinajstić information content (AvgIpc) is 3.91. The Morgan fingerprint density at radius 3 is 1.56 bits per heavy atom. The molecule has 31 heteroatoms. The van der Waals surface area contributed by atoms with E-state index in [1.54, 1.807) is 38.1 Å². The smallest absolute Gasteiger partial charge is 0.326 e. The first-order valence-electron chi connectivity index (χ1n) is 25.4. The number of aromatic amines is 1. The van der Waals surface area contributed by atoms with E-state index in [1.807, 2.05) is 0 Å². The summed E-state index contributed by atoms with van der Waals surface area (Å²) in [4.78, 5) is 165. The fraction of sp³-hybridized carbons (Fsp3) is 0.460. The van der Waals surface area contributed by atoms with Crippen molar-refractivity contribution in [2.45, 2.75) is 127 Å². The molecule has 0 aliphatic carbocycles. The Labute approximate surface area is 463 Å². The maximum Gasteiger partial charge on any atom is 0.326 e. The number of phenols is 1. The Morgan fingerprint density at radius 2 is 1.04 bits per heavy atom. The number of aliphatic carboxylic acids is 1. The third-order valence-corrected chi connectivity index (χ3v) is 12.3. The predicted octanol–water partition coefficient (Wildman–Crippen LogP) is -6.31. The van der Waals surface area contributed by atoms with Crippen molar-refractivity contribution in [3.63, 3.8) is 0 Å². The van der Waals surface area contributed by atoms with Gasteiger partial charge in [0.1, 0.15) is 54.1 Å². The first kappa shape index (κ1) is 65.9. The van der Waals surface area contributed by atoms with Crippen LogP contribution < -0.4 is 76.9 Å². The average molecular weight is 1140 g/mol.